The summed E-state index contributed by atoms with van der Waals surface area (Å²) in [6.45, 7) is 5.31. The highest BCUT2D eigenvalue weighted by Gasteiger charge is 2.21. The monoisotopic (exact) mass is 520 g/mol. The molecule has 0 aliphatic heterocycles. The van der Waals surface area contributed by atoms with Gasteiger partial charge in [-0.3, -0.25) is 24.0 Å². The number of hydrogen-bond acceptors (Lipinski definition) is 12. The van der Waals surface area contributed by atoms with Crippen molar-refractivity contribution >= 4 is 35.8 Å². The van der Waals surface area contributed by atoms with Crippen molar-refractivity contribution in [1.82, 2.24) is 0 Å². The number of ether oxygens (including phenoxy) is 6. The molecule has 0 aromatic carbocycles. The number of hydrogen-bond donors (Lipinski definition) is 0. The molecule has 0 N–H and O–H groups in total. The molecule has 1 unspecified atom stereocenters. The van der Waals surface area contributed by atoms with Crippen molar-refractivity contribution in [1.29, 1.82) is 0 Å². The van der Waals surface area contributed by atoms with Gasteiger partial charge >= 0.3 is 35.8 Å². The van der Waals surface area contributed by atoms with Crippen LogP contribution in [-0.4, -0.2) is 78.5 Å². The maximum atomic E-state index is 11.0. The fourth-order valence-corrected chi connectivity index (χ4v) is 2.34. The summed E-state index contributed by atoms with van der Waals surface area (Å²) in [5.74, 6) is -3.17. The van der Waals surface area contributed by atoms with Gasteiger partial charge in [0.2, 0.25) is 0 Å². The molecule has 0 spiro atoms. The lowest BCUT2D eigenvalue weighted by molar-refractivity contribution is -0.152. The number of methoxy groups -OCH3 is 6. The molecule has 36 heavy (non-hydrogen) atoms. The predicted octanol–water partition coefficient (Wildman–Crippen LogP) is 2.17. The van der Waals surface area contributed by atoms with E-state index in [0.29, 0.717) is 18.4 Å². The number of carbonyl (C=O) groups excluding carboxylic acids is 6. The van der Waals surface area contributed by atoms with Crippen LogP contribution in [0, 0.1) is 11.8 Å². The number of carbonyl (C=O) groups is 6. The van der Waals surface area contributed by atoms with Crippen LogP contribution >= 0.6 is 0 Å². The second kappa shape index (κ2) is 23.3. The highest BCUT2D eigenvalue weighted by atomic mass is 16.5. The maximum Gasteiger partial charge on any atom is 0.333 e. The summed E-state index contributed by atoms with van der Waals surface area (Å²) in [6.07, 6.45) is 2.85. The Morgan fingerprint density at radius 3 is 1.17 bits per heavy atom. The molecule has 208 valence electrons. The van der Waals surface area contributed by atoms with Crippen LogP contribution in [-0.2, 0) is 57.2 Å². The lowest BCUT2D eigenvalue weighted by atomic mass is 10.0. The molecule has 0 saturated carbocycles. The molecule has 0 rings (SSSR count). The van der Waals surface area contributed by atoms with Crippen LogP contribution in [0.2, 0.25) is 0 Å². The zero-order valence-electron chi connectivity index (χ0n) is 22.7. The summed E-state index contributed by atoms with van der Waals surface area (Å²) in [5, 5.41) is 0. The molecule has 0 amide bonds. The molecule has 0 aliphatic carbocycles. The second-order valence-corrected chi connectivity index (χ2v) is 6.88. The lowest BCUT2D eigenvalue weighted by Crippen LogP contribution is -2.19. The van der Waals surface area contributed by atoms with Crippen LogP contribution in [0.4, 0.5) is 0 Å². The Hall–Kier alpha value is -3.44. The molecule has 12 nitrogen and oxygen atoms in total. The summed E-state index contributed by atoms with van der Waals surface area (Å²) in [5.41, 5.74) is 0.310. The molecule has 0 heterocycles. The van der Waals surface area contributed by atoms with Crippen molar-refractivity contribution in [2.24, 2.45) is 11.8 Å². The van der Waals surface area contributed by atoms with Gasteiger partial charge in [-0.1, -0.05) is 19.9 Å². The van der Waals surface area contributed by atoms with E-state index < -0.39 is 11.9 Å². The standard InChI is InChI=1S/2C8H14O4.C8H12O4/c3*1-4-6(8(10)12-3)5-7(9)11-2/h2*6H,4-5H2,1-3H3;4H,5H2,1-3H3/b;;6-4+/t6-;;/m1../s1. The Kier molecular flexibility index (Phi) is 24.0. The van der Waals surface area contributed by atoms with Gasteiger partial charge in [0, 0.05) is 5.57 Å². The van der Waals surface area contributed by atoms with Gasteiger partial charge in [-0.25, -0.2) is 4.79 Å². The summed E-state index contributed by atoms with van der Waals surface area (Å²) in [4.78, 5) is 65.1. The summed E-state index contributed by atoms with van der Waals surface area (Å²) >= 11 is 0. The van der Waals surface area contributed by atoms with Crippen LogP contribution in [0.1, 0.15) is 52.9 Å². The van der Waals surface area contributed by atoms with Gasteiger partial charge in [0.05, 0.1) is 73.8 Å². The molecule has 0 aliphatic rings. The molecular formula is C24H40O12. The van der Waals surface area contributed by atoms with Gasteiger partial charge in [-0.2, -0.15) is 0 Å². The Morgan fingerprint density at radius 2 is 0.944 bits per heavy atom. The lowest BCUT2D eigenvalue weighted by Gasteiger charge is -2.09. The van der Waals surface area contributed by atoms with Crippen LogP contribution in [0.3, 0.4) is 0 Å². The highest BCUT2D eigenvalue weighted by molar-refractivity contribution is 5.93. The van der Waals surface area contributed by atoms with E-state index in [1.54, 1.807) is 6.92 Å². The van der Waals surface area contributed by atoms with E-state index in [9.17, 15) is 28.8 Å². The quantitative estimate of drug-likeness (QED) is 0.222. The smallest absolute Gasteiger partial charge is 0.333 e. The van der Waals surface area contributed by atoms with Crippen LogP contribution < -0.4 is 0 Å². The fourth-order valence-electron chi connectivity index (χ4n) is 2.34. The minimum Gasteiger partial charge on any atom is -0.469 e. The SMILES string of the molecule is C/C=C(\CC(=O)OC)C(=O)OC.CCC(CC(=O)OC)C(=O)OC.CC[C@H](CC(=O)OC)C(=O)OC. The summed E-state index contributed by atoms with van der Waals surface area (Å²) in [7, 11) is 7.75. The summed E-state index contributed by atoms with van der Waals surface area (Å²) in [6, 6.07) is 0. The first-order valence-corrected chi connectivity index (χ1v) is 11.1. The number of esters is 6. The van der Waals surface area contributed by atoms with Gasteiger partial charge in [0.1, 0.15) is 0 Å². The third-order valence-electron chi connectivity index (χ3n) is 4.69. The Bertz CT molecular complexity index is 689. The van der Waals surface area contributed by atoms with Crippen LogP contribution in [0.25, 0.3) is 0 Å². The van der Waals surface area contributed by atoms with E-state index in [1.165, 1.54) is 48.7 Å². The Balaban J connectivity index is -0.000000454. The average Bonchev–Trinajstić information content (AvgIpc) is 2.91. The van der Waals surface area contributed by atoms with Crippen LogP contribution in [0.15, 0.2) is 11.6 Å². The Labute approximate surface area is 212 Å². The van der Waals surface area contributed by atoms with Gasteiger partial charge < -0.3 is 28.4 Å². The van der Waals surface area contributed by atoms with Crippen LogP contribution in [0.5, 0.6) is 0 Å². The third-order valence-corrected chi connectivity index (χ3v) is 4.69. The fraction of sp³-hybridized carbons (Fsp3) is 0.667. The molecule has 0 radical (unpaired) electrons. The second-order valence-electron chi connectivity index (χ2n) is 6.88. The van der Waals surface area contributed by atoms with Crippen molar-refractivity contribution < 1.29 is 57.2 Å². The van der Waals surface area contributed by atoms with Crippen molar-refractivity contribution in [3.8, 4) is 0 Å². The minimum atomic E-state index is -0.497. The highest BCUT2D eigenvalue weighted by Crippen LogP contribution is 2.11. The zero-order chi connectivity index (χ0) is 28.7. The molecule has 0 fully saturated rings. The predicted molar refractivity (Wildman–Crippen MR) is 127 cm³/mol. The van der Waals surface area contributed by atoms with E-state index in [1.807, 2.05) is 13.8 Å². The molecule has 0 saturated heterocycles. The zero-order valence-corrected chi connectivity index (χ0v) is 22.7. The molecule has 0 bridgehead atoms. The molecule has 2 atom stereocenters. The first kappa shape index (κ1) is 37.1. The largest absolute Gasteiger partial charge is 0.469 e. The molecule has 12 heteroatoms. The normalized spacial score (nSPS) is 11.5. The number of allylic oxidation sites excluding steroid dienone is 1. The molecular weight excluding hydrogens is 480 g/mol. The van der Waals surface area contributed by atoms with Crippen molar-refractivity contribution in [3.05, 3.63) is 11.6 Å². The van der Waals surface area contributed by atoms with E-state index in [2.05, 4.69) is 28.4 Å². The third kappa shape index (κ3) is 18.0. The average molecular weight is 521 g/mol. The van der Waals surface area contributed by atoms with Gasteiger partial charge in [0.15, 0.2) is 0 Å². The van der Waals surface area contributed by atoms with E-state index in [0.717, 1.165) is 0 Å². The van der Waals surface area contributed by atoms with Crippen molar-refractivity contribution in [2.45, 2.75) is 52.9 Å². The van der Waals surface area contributed by atoms with Gasteiger partial charge in [-0.15, -0.1) is 0 Å². The summed E-state index contributed by atoms with van der Waals surface area (Å²) < 4.78 is 26.7. The van der Waals surface area contributed by atoms with Gasteiger partial charge in [-0.05, 0) is 19.8 Å². The van der Waals surface area contributed by atoms with E-state index >= 15 is 0 Å². The first-order chi connectivity index (χ1) is 17.0. The number of rotatable bonds is 11. The maximum absolute atomic E-state index is 11.0. The van der Waals surface area contributed by atoms with Crippen molar-refractivity contribution in [2.75, 3.05) is 42.7 Å². The topological polar surface area (TPSA) is 158 Å². The minimum absolute atomic E-state index is 0.0420. The Morgan fingerprint density at radius 1 is 0.583 bits per heavy atom. The van der Waals surface area contributed by atoms with E-state index in [-0.39, 0.29) is 55.0 Å². The molecule has 0 aromatic heterocycles. The van der Waals surface area contributed by atoms with Crippen molar-refractivity contribution in [3.63, 3.8) is 0 Å². The van der Waals surface area contributed by atoms with E-state index in [4.69, 9.17) is 0 Å². The van der Waals surface area contributed by atoms with Gasteiger partial charge in [0.25, 0.3) is 0 Å². The first-order valence-electron chi connectivity index (χ1n) is 11.1. The molecule has 0 aromatic rings.